The number of aliphatic hydroxyl groups is 1. The van der Waals surface area contributed by atoms with E-state index in [1.165, 1.54) is 0 Å². The molecule has 2 amide bonds. The van der Waals surface area contributed by atoms with Gasteiger partial charge in [-0.3, -0.25) is 35.8 Å². The number of piperidine rings is 2. The first kappa shape index (κ1) is 33.5. The molecule has 0 aromatic rings. The molecule has 1 aliphatic carbocycles. The largest absolute Gasteiger partial charge is 0.390 e. The van der Waals surface area contributed by atoms with Crippen LogP contribution in [0.25, 0.3) is 0 Å². The molecule has 6 aliphatic rings. The van der Waals surface area contributed by atoms with Gasteiger partial charge in [-0.2, -0.15) is 0 Å². The van der Waals surface area contributed by atoms with Crippen LogP contribution < -0.4 is 31.9 Å². The van der Waals surface area contributed by atoms with Gasteiger partial charge in [-0.25, -0.2) is 0 Å². The van der Waals surface area contributed by atoms with E-state index in [-0.39, 0.29) is 61.1 Å². The molecule has 5 heterocycles. The van der Waals surface area contributed by atoms with Crippen molar-refractivity contribution in [3.8, 4) is 0 Å². The first-order chi connectivity index (χ1) is 21.7. The van der Waals surface area contributed by atoms with Crippen LogP contribution in [0.1, 0.15) is 65.7 Å². The number of hydrogen-bond acceptors (Lipinski definition) is 11. The monoisotopic (exact) mass is 634 g/mol. The standard InChI is InChI=1S/C32H58N8O5/c1-19-6-8-39(9-7-19)32-37-27(12-30(38-32)36-24-15-40(16-24)21(3)41)31(43)34-14-28(42)26-11-22-4-5-25(10-23(22)13-33-26)44-17-29-20(2)35-18-45-29/h19-20,22-30,32-33,35-38,42H,4-18H2,1-3H3,(H,34,43)/t20?,22?,23?,25?,26-,27?,28+,29?,30?,32?/m0/s1. The lowest BCUT2D eigenvalue weighted by atomic mass is 9.72. The molecule has 1 saturated carbocycles. The van der Waals surface area contributed by atoms with E-state index in [2.05, 4.69) is 50.6 Å². The Balaban J connectivity index is 0.954. The van der Waals surface area contributed by atoms with Crippen molar-refractivity contribution < 1.29 is 24.2 Å². The van der Waals surface area contributed by atoms with Crippen LogP contribution in [0.4, 0.5) is 0 Å². The minimum atomic E-state index is -0.639. The maximum atomic E-state index is 13.5. The van der Waals surface area contributed by atoms with Crippen LogP contribution in [0, 0.1) is 17.8 Å². The third-order valence-electron chi connectivity index (χ3n) is 11.5. The number of carbonyl (C=O) groups is 2. The maximum absolute atomic E-state index is 13.5. The van der Waals surface area contributed by atoms with Crippen molar-refractivity contribution in [2.75, 3.05) is 52.6 Å². The smallest absolute Gasteiger partial charge is 0.237 e. The SMILES string of the molecule is CC(=O)N1CC(NC2CC(C(=O)NC[C@@H](O)[C@@H]3CC4CCC(OCC5OCNC5C)CC4CN3)NC(N3CCC(C)CC3)N2)C1. The average Bonchev–Trinajstić information content (AvgIpc) is 3.44. The van der Waals surface area contributed by atoms with Gasteiger partial charge < -0.3 is 30.1 Å². The third-order valence-corrected chi connectivity index (χ3v) is 11.5. The molecule has 13 nitrogen and oxygen atoms in total. The number of amides is 2. The molecule has 10 atom stereocenters. The van der Waals surface area contributed by atoms with Gasteiger partial charge in [0.15, 0.2) is 0 Å². The Kier molecular flexibility index (Phi) is 11.3. The Hall–Kier alpha value is -1.42. The summed E-state index contributed by atoms with van der Waals surface area (Å²) in [5.41, 5.74) is 0. The van der Waals surface area contributed by atoms with Crippen LogP contribution in [0.15, 0.2) is 0 Å². The Labute approximate surface area is 268 Å². The fraction of sp³-hybridized carbons (Fsp3) is 0.938. The van der Waals surface area contributed by atoms with Crippen LogP contribution in [0.2, 0.25) is 0 Å². The normalized spacial score (nSPS) is 39.2. The highest BCUT2D eigenvalue weighted by atomic mass is 16.5. The van der Waals surface area contributed by atoms with E-state index in [1.807, 2.05) is 4.90 Å². The van der Waals surface area contributed by atoms with Gasteiger partial charge in [-0.05, 0) is 69.7 Å². The number of rotatable bonds is 10. The lowest BCUT2D eigenvalue weighted by Gasteiger charge is -2.47. The minimum Gasteiger partial charge on any atom is -0.390 e. The van der Waals surface area contributed by atoms with Crippen molar-refractivity contribution in [2.45, 2.75) is 121 Å². The fourth-order valence-electron chi connectivity index (χ4n) is 8.18. The molecular weight excluding hydrogens is 576 g/mol. The second-order valence-electron chi connectivity index (χ2n) is 14.8. The average molecular weight is 635 g/mol. The highest BCUT2D eigenvalue weighted by molar-refractivity contribution is 5.82. The second kappa shape index (κ2) is 15.2. The van der Waals surface area contributed by atoms with E-state index in [1.54, 1.807) is 6.92 Å². The van der Waals surface area contributed by atoms with E-state index in [0.717, 1.165) is 64.1 Å². The maximum Gasteiger partial charge on any atom is 0.237 e. The lowest BCUT2D eigenvalue weighted by molar-refractivity contribution is -0.133. The molecule has 0 bridgehead atoms. The Morgan fingerprint density at radius 2 is 1.82 bits per heavy atom. The first-order valence-electron chi connectivity index (χ1n) is 17.6. The second-order valence-corrected chi connectivity index (χ2v) is 14.8. The highest BCUT2D eigenvalue weighted by Gasteiger charge is 2.40. The van der Waals surface area contributed by atoms with E-state index >= 15 is 0 Å². The zero-order chi connectivity index (χ0) is 31.5. The van der Waals surface area contributed by atoms with E-state index in [4.69, 9.17) is 9.47 Å². The van der Waals surface area contributed by atoms with Gasteiger partial charge in [0.25, 0.3) is 0 Å². The molecule has 0 aromatic heterocycles. The van der Waals surface area contributed by atoms with Crippen molar-refractivity contribution >= 4 is 11.8 Å². The zero-order valence-corrected chi connectivity index (χ0v) is 27.5. The van der Waals surface area contributed by atoms with Crippen molar-refractivity contribution in [3.05, 3.63) is 0 Å². The van der Waals surface area contributed by atoms with Gasteiger partial charge in [0.1, 0.15) is 6.29 Å². The summed E-state index contributed by atoms with van der Waals surface area (Å²) in [5, 5.41) is 32.0. The van der Waals surface area contributed by atoms with E-state index in [0.29, 0.717) is 50.7 Å². The first-order valence-corrected chi connectivity index (χ1v) is 17.6. The summed E-state index contributed by atoms with van der Waals surface area (Å²) in [6, 6.07) is 0.152. The van der Waals surface area contributed by atoms with Gasteiger partial charge in [-0.1, -0.05) is 6.92 Å². The predicted molar refractivity (Wildman–Crippen MR) is 170 cm³/mol. The van der Waals surface area contributed by atoms with Crippen molar-refractivity contribution in [3.63, 3.8) is 0 Å². The molecular formula is C32H58N8O5. The summed E-state index contributed by atoms with van der Waals surface area (Å²) in [6.07, 6.45) is 6.64. The van der Waals surface area contributed by atoms with Gasteiger partial charge in [-0.15, -0.1) is 0 Å². The minimum absolute atomic E-state index is 0.0239. The van der Waals surface area contributed by atoms with E-state index < -0.39 is 6.10 Å². The van der Waals surface area contributed by atoms with Crippen LogP contribution in [-0.4, -0.2) is 134 Å². The Bertz CT molecular complexity index is 995. The molecule has 45 heavy (non-hydrogen) atoms. The molecule has 8 unspecified atom stereocenters. The highest BCUT2D eigenvalue weighted by Crippen LogP contribution is 2.37. The summed E-state index contributed by atoms with van der Waals surface area (Å²) >= 11 is 0. The molecule has 5 saturated heterocycles. The van der Waals surface area contributed by atoms with E-state index in [9.17, 15) is 14.7 Å². The van der Waals surface area contributed by atoms with Gasteiger partial charge in [0.05, 0.1) is 43.9 Å². The molecule has 13 heteroatoms. The summed E-state index contributed by atoms with van der Waals surface area (Å²) in [5.74, 6) is 1.88. The van der Waals surface area contributed by atoms with Crippen LogP contribution >= 0.6 is 0 Å². The van der Waals surface area contributed by atoms with Gasteiger partial charge in [0.2, 0.25) is 11.8 Å². The van der Waals surface area contributed by atoms with Crippen molar-refractivity contribution in [2.24, 2.45) is 17.8 Å². The number of carbonyl (C=O) groups excluding carboxylic acids is 2. The number of ether oxygens (including phenoxy) is 2. The molecule has 5 aliphatic heterocycles. The third kappa shape index (κ3) is 8.55. The molecule has 256 valence electrons. The van der Waals surface area contributed by atoms with Crippen molar-refractivity contribution in [1.29, 1.82) is 0 Å². The number of nitrogens with zero attached hydrogens (tertiary/aromatic N) is 2. The van der Waals surface area contributed by atoms with Gasteiger partial charge >= 0.3 is 0 Å². The molecule has 0 spiro atoms. The number of fused-ring (bicyclic) bond motifs is 1. The fourth-order valence-corrected chi connectivity index (χ4v) is 8.18. The predicted octanol–water partition coefficient (Wildman–Crippen LogP) is -0.925. The molecule has 6 rings (SSSR count). The number of nitrogens with one attached hydrogen (secondary N) is 6. The number of likely N-dealkylation sites (tertiary alicyclic amines) is 2. The van der Waals surface area contributed by atoms with Crippen molar-refractivity contribution in [1.82, 2.24) is 41.7 Å². The summed E-state index contributed by atoms with van der Waals surface area (Å²) < 4.78 is 12.0. The Morgan fingerprint density at radius 1 is 1.02 bits per heavy atom. The van der Waals surface area contributed by atoms with Crippen LogP contribution in [0.5, 0.6) is 0 Å². The summed E-state index contributed by atoms with van der Waals surface area (Å²) in [6.45, 7) is 11.8. The number of aliphatic hydroxyl groups excluding tert-OH is 1. The quantitative estimate of drug-likeness (QED) is 0.160. The van der Waals surface area contributed by atoms with Crippen LogP contribution in [0.3, 0.4) is 0 Å². The molecule has 7 N–H and O–H groups in total. The molecule has 0 aromatic carbocycles. The topological polar surface area (TPSA) is 151 Å². The summed E-state index contributed by atoms with van der Waals surface area (Å²) in [7, 11) is 0. The Morgan fingerprint density at radius 3 is 2.56 bits per heavy atom. The molecule has 6 fully saturated rings. The zero-order valence-electron chi connectivity index (χ0n) is 27.5. The van der Waals surface area contributed by atoms with Gasteiger partial charge in [0, 0.05) is 64.2 Å². The lowest BCUT2D eigenvalue weighted by Crippen LogP contribution is -2.73. The number of hydrogen-bond donors (Lipinski definition) is 7. The summed E-state index contributed by atoms with van der Waals surface area (Å²) in [4.78, 5) is 29.4. The molecule has 0 radical (unpaired) electrons. The van der Waals surface area contributed by atoms with Crippen LogP contribution in [-0.2, 0) is 19.1 Å².